The van der Waals surface area contributed by atoms with E-state index in [0.29, 0.717) is 6.10 Å². The van der Waals surface area contributed by atoms with Crippen LogP contribution in [-0.2, 0) is 4.74 Å². The first-order chi connectivity index (χ1) is 4.70. The molecule has 0 radical (unpaired) electrons. The summed E-state index contributed by atoms with van der Waals surface area (Å²) in [5, 5.41) is 0. The molecule has 0 saturated carbocycles. The number of hydrogen-bond donors (Lipinski definition) is 0. The van der Waals surface area contributed by atoms with Crippen LogP contribution < -0.4 is 0 Å². The van der Waals surface area contributed by atoms with Crippen molar-refractivity contribution in [1.29, 1.82) is 0 Å². The standard InChI is InChI=1S/C9H16O/c1-7(2)6-9-8(3)4-5-10-9/h4,7,9H,5-6H2,1-3H3/t9-/m1/s1. The van der Waals surface area contributed by atoms with E-state index >= 15 is 0 Å². The predicted molar refractivity (Wildman–Crippen MR) is 43.0 cm³/mol. The van der Waals surface area contributed by atoms with Gasteiger partial charge in [-0.1, -0.05) is 19.9 Å². The van der Waals surface area contributed by atoms with E-state index in [1.807, 2.05) is 0 Å². The number of ether oxygens (including phenoxy) is 1. The van der Waals surface area contributed by atoms with Gasteiger partial charge in [-0.25, -0.2) is 0 Å². The third kappa shape index (κ3) is 1.84. The minimum Gasteiger partial charge on any atom is -0.370 e. The molecule has 0 amide bonds. The monoisotopic (exact) mass is 140 g/mol. The molecular formula is C9H16O. The Morgan fingerprint density at radius 3 is 2.80 bits per heavy atom. The third-order valence-electron chi connectivity index (χ3n) is 1.90. The van der Waals surface area contributed by atoms with Gasteiger partial charge in [-0.2, -0.15) is 0 Å². The van der Waals surface area contributed by atoms with Gasteiger partial charge in [-0.3, -0.25) is 0 Å². The number of rotatable bonds is 2. The Hall–Kier alpha value is -0.300. The van der Waals surface area contributed by atoms with Gasteiger partial charge in [-0.15, -0.1) is 0 Å². The van der Waals surface area contributed by atoms with Gasteiger partial charge in [-0.05, 0) is 24.8 Å². The molecule has 0 aromatic heterocycles. The van der Waals surface area contributed by atoms with Crippen LogP contribution >= 0.6 is 0 Å². The van der Waals surface area contributed by atoms with Gasteiger partial charge in [0.25, 0.3) is 0 Å². The molecule has 1 aliphatic heterocycles. The molecule has 0 saturated heterocycles. The lowest BCUT2D eigenvalue weighted by atomic mass is 10.0. The highest BCUT2D eigenvalue weighted by Crippen LogP contribution is 2.20. The van der Waals surface area contributed by atoms with E-state index < -0.39 is 0 Å². The summed E-state index contributed by atoms with van der Waals surface area (Å²) in [5.41, 5.74) is 1.41. The molecule has 1 aliphatic rings. The Bertz CT molecular complexity index is 136. The SMILES string of the molecule is CC1=CCO[C@@H]1CC(C)C. The molecule has 1 atom stereocenters. The molecule has 0 fully saturated rings. The Labute approximate surface area is 63.1 Å². The Kier molecular flexibility index (Phi) is 2.50. The molecule has 0 bridgehead atoms. The van der Waals surface area contributed by atoms with E-state index in [-0.39, 0.29) is 0 Å². The fourth-order valence-electron chi connectivity index (χ4n) is 1.24. The average Bonchev–Trinajstić information content (AvgIpc) is 2.15. The van der Waals surface area contributed by atoms with Crippen LogP contribution in [0.25, 0.3) is 0 Å². The van der Waals surface area contributed by atoms with Gasteiger partial charge in [0.1, 0.15) is 0 Å². The Balaban J connectivity index is 2.35. The minimum absolute atomic E-state index is 0.417. The molecule has 0 N–H and O–H groups in total. The second kappa shape index (κ2) is 3.20. The van der Waals surface area contributed by atoms with E-state index in [2.05, 4.69) is 26.8 Å². The summed E-state index contributed by atoms with van der Waals surface area (Å²) in [7, 11) is 0. The molecule has 1 heteroatoms. The second-order valence-electron chi connectivity index (χ2n) is 3.40. The van der Waals surface area contributed by atoms with Gasteiger partial charge >= 0.3 is 0 Å². The quantitative estimate of drug-likeness (QED) is 0.535. The summed E-state index contributed by atoms with van der Waals surface area (Å²) in [6.45, 7) is 7.44. The third-order valence-corrected chi connectivity index (χ3v) is 1.90. The largest absolute Gasteiger partial charge is 0.370 e. The maximum absolute atomic E-state index is 5.48. The molecule has 1 nitrogen and oxygen atoms in total. The van der Waals surface area contributed by atoms with E-state index in [9.17, 15) is 0 Å². The van der Waals surface area contributed by atoms with Gasteiger partial charge < -0.3 is 4.74 Å². The average molecular weight is 140 g/mol. The summed E-state index contributed by atoms with van der Waals surface area (Å²) in [6, 6.07) is 0. The lowest BCUT2D eigenvalue weighted by molar-refractivity contribution is 0.105. The zero-order valence-electron chi connectivity index (χ0n) is 7.05. The zero-order valence-corrected chi connectivity index (χ0v) is 7.05. The lowest BCUT2D eigenvalue weighted by Gasteiger charge is -2.13. The maximum Gasteiger partial charge on any atom is 0.0789 e. The molecule has 0 aromatic rings. The van der Waals surface area contributed by atoms with Crippen molar-refractivity contribution in [2.75, 3.05) is 6.61 Å². The highest BCUT2D eigenvalue weighted by Gasteiger charge is 2.16. The smallest absolute Gasteiger partial charge is 0.0789 e. The van der Waals surface area contributed by atoms with Crippen molar-refractivity contribution in [3.05, 3.63) is 11.6 Å². The Morgan fingerprint density at radius 2 is 2.40 bits per heavy atom. The van der Waals surface area contributed by atoms with Crippen molar-refractivity contribution in [1.82, 2.24) is 0 Å². The molecule has 0 unspecified atom stereocenters. The fraction of sp³-hybridized carbons (Fsp3) is 0.778. The molecule has 1 heterocycles. The van der Waals surface area contributed by atoms with Crippen LogP contribution in [0, 0.1) is 5.92 Å². The van der Waals surface area contributed by atoms with Crippen LogP contribution in [0.4, 0.5) is 0 Å². The van der Waals surface area contributed by atoms with Crippen LogP contribution in [0.2, 0.25) is 0 Å². The maximum atomic E-state index is 5.48. The van der Waals surface area contributed by atoms with E-state index in [4.69, 9.17) is 4.74 Å². The van der Waals surface area contributed by atoms with Crippen LogP contribution in [0.15, 0.2) is 11.6 Å². The van der Waals surface area contributed by atoms with Crippen molar-refractivity contribution in [2.45, 2.75) is 33.3 Å². The highest BCUT2D eigenvalue weighted by atomic mass is 16.5. The molecule has 0 aromatic carbocycles. The summed E-state index contributed by atoms with van der Waals surface area (Å²) >= 11 is 0. The predicted octanol–water partition coefficient (Wildman–Crippen LogP) is 2.38. The van der Waals surface area contributed by atoms with Crippen molar-refractivity contribution < 1.29 is 4.74 Å². The van der Waals surface area contributed by atoms with Crippen LogP contribution in [0.1, 0.15) is 27.2 Å². The Morgan fingerprint density at radius 1 is 1.70 bits per heavy atom. The van der Waals surface area contributed by atoms with E-state index in [1.165, 1.54) is 12.0 Å². The fourth-order valence-corrected chi connectivity index (χ4v) is 1.24. The van der Waals surface area contributed by atoms with Gasteiger partial charge in [0, 0.05) is 0 Å². The van der Waals surface area contributed by atoms with E-state index in [1.54, 1.807) is 0 Å². The first kappa shape index (κ1) is 7.80. The summed E-state index contributed by atoms with van der Waals surface area (Å²) in [4.78, 5) is 0. The van der Waals surface area contributed by atoms with Crippen LogP contribution in [0.5, 0.6) is 0 Å². The molecule has 10 heavy (non-hydrogen) atoms. The first-order valence-corrected chi connectivity index (χ1v) is 3.98. The first-order valence-electron chi connectivity index (χ1n) is 3.98. The topological polar surface area (TPSA) is 9.23 Å². The zero-order chi connectivity index (χ0) is 7.56. The molecule has 1 rings (SSSR count). The van der Waals surface area contributed by atoms with Crippen molar-refractivity contribution >= 4 is 0 Å². The van der Waals surface area contributed by atoms with Gasteiger partial charge in [0.2, 0.25) is 0 Å². The second-order valence-corrected chi connectivity index (χ2v) is 3.40. The van der Waals surface area contributed by atoms with Crippen LogP contribution in [-0.4, -0.2) is 12.7 Å². The summed E-state index contributed by atoms with van der Waals surface area (Å²) in [5.74, 6) is 0.742. The number of hydrogen-bond acceptors (Lipinski definition) is 1. The van der Waals surface area contributed by atoms with E-state index in [0.717, 1.165) is 12.5 Å². The van der Waals surface area contributed by atoms with Crippen molar-refractivity contribution in [3.63, 3.8) is 0 Å². The normalized spacial score (nSPS) is 25.6. The summed E-state index contributed by atoms with van der Waals surface area (Å²) < 4.78 is 5.48. The van der Waals surface area contributed by atoms with Gasteiger partial charge in [0.05, 0.1) is 12.7 Å². The highest BCUT2D eigenvalue weighted by molar-refractivity contribution is 5.09. The lowest BCUT2D eigenvalue weighted by Crippen LogP contribution is -2.11. The van der Waals surface area contributed by atoms with Crippen molar-refractivity contribution in [2.24, 2.45) is 5.92 Å². The van der Waals surface area contributed by atoms with Gasteiger partial charge in [0.15, 0.2) is 0 Å². The molecular weight excluding hydrogens is 124 g/mol. The molecule has 0 aliphatic carbocycles. The summed E-state index contributed by atoms with van der Waals surface area (Å²) in [6.07, 6.45) is 3.76. The molecule has 58 valence electrons. The molecule has 0 spiro atoms. The van der Waals surface area contributed by atoms with Crippen LogP contribution in [0.3, 0.4) is 0 Å². The van der Waals surface area contributed by atoms with Crippen molar-refractivity contribution in [3.8, 4) is 0 Å². The minimum atomic E-state index is 0.417.